The molecule has 0 saturated carbocycles. The van der Waals surface area contributed by atoms with Gasteiger partial charge >= 0.3 is 0 Å². The van der Waals surface area contributed by atoms with E-state index in [0.29, 0.717) is 11.3 Å². The Morgan fingerprint density at radius 1 is 1.00 bits per heavy atom. The normalized spacial score (nSPS) is 9.50. The fourth-order valence-electron chi connectivity index (χ4n) is 1.42. The van der Waals surface area contributed by atoms with Crippen LogP contribution in [0.15, 0.2) is 35.9 Å². The summed E-state index contributed by atoms with van der Waals surface area (Å²) in [6.07, 6.45) is 1.08. The molecule has 0 aliphatic carbocycles. The molecule has 0 N–H and O–H groups in total. The van der Waals surface area contributed by atoms with Crippen LogP contribution in [0.2, 0.25) is 0 Å². The maximum Gasteiger partial charge on any atom is 0.186 e. The molecule has 1 rings (SSSR count). The third-order valence-corrected chi connectivity index (χ3v) is 2.41. The smallest absolute Gasteiger partial charge is 0.186 e. The molecule has 0 bridgehead atoms. The number of Topliss-reactive ketones (excluding diaryl/α,β-unsaturated/α-hetero) is 2. The van der Waals surface area contributed by atoms with Crippen LogP contribution in [0.3, 0.4) is 0 Å². The summed E-state index contributed by atoms with van der Waals surface area (Å²) in [4.78, 5) is 34.2. The second-order valence-electron chi connectivity index (χ2n) is 3.76. The molecule has 0 aliphatic heterocycles. The number of ketones is 3. The van der Waals surface area contributed by atoms with E-state index in [-0.39, 0.29) is 11.4 Å². The zero-order valence-electron chi connectivity index (χ0n) is 10.5. The Balaban J connectivity index is 3.02. The molecule has 18 heavy (non-hydrogen) atoms. The van der Waals surface area contributed by atoms with Crippen molar-refractivity contribution in [3.8, 4) is 5.75 Å². The summed E-state index contributed by atoms with van der Waals surface area (Å²) in [5.41, 5.74) is 0.312. The summed E-state index contributed by atoms with van der Waals surface area (Å²) in [7, 11) is 1.53. The zero-order valence-corrected chi connectivity index (χ0v) is 10.5. The second kappa shape index (κ2) is 5.91. The first-order valence-electron chi connectivity index (χ1n) is 5.37. The van der Waals surface area contributed by atoms with Crippen molar-refractivity contribution in [3.63, 3.8) is 0 Å². The minimum Gasteiger partial charge on any atom is -0.497 e. The van der Waals surface area contributed by atoms with E-state index in [9.17, 15) is 14.4 Å². The molecule has 0 aliphatic rings. The average molecular weight is 246 g/mol. The number of hydrogen-bond acceptors (Lipinski definition) is 4. The molecule has 0 atom stereocenters. The number of carbonyl (C=O) groups excluding carboxylic acids is 3. The first-order valence-corrected chi connectivity index (χ1v) is 5.37. The molecule has 0 amide bonds. The van der Waals surface area contributed by atoms with Gasteiger partial charge in [-0.15, -0.1) is 0 Å². The maximum absolute atomic E-state index is 11.8. The fraction of sp³-hybridized carbons (Fsp3) is 0.214. The Hall–Kier alpha value is -2.23. The quantitative estimate of drug-likeness (QED) is 0.345. The average Bonchev–Trinajstić information content (AvgIpc) is 2.35. The molecule has 94 valence electrons. The van der Waals surface area contributed by atoms with Crippen molar-refractivity contribution in [2.45, 2.75) is 13.8 Å². The summed E-state index contributed by atoms with van der Waals surface area (Å²) in [5, 5.41) is 0. The summed E-state index contributed by atoms with van der Waals surface area (Å²) in [5.74, 6) is -0.569. The fourth-order valence-corrected chi connectivity index (χ4v) is 1.42. The number of hydrogen-bond donors (Lipinski definition) is 0. The molecule has 0 spiro atoms. The van der Waals surface area contributed by atoms with Crippen molar-refractivity contribution in [2.24, 2.45) is 0 Å². The van der Waals surface area contributed by atoms with E-state index in [2.05, 4.69) is 0 Å². The Labute approximate surface area is 105 Å². The number of rotatable bonds is 5. The van der Waals surface area contributed by atoms with Crippen LogP contribution in [0.5, 0.6) is 5.75 Å². The van der Waals surface area contributed by atoms with Gasteiger partial charge in [0.15, 0.2) is 17.3 Å². The molecule has 0 saturated heterocycles. The van der Waals surface area contributed by atoms with Crippen LogP contribution in [-0.2, 0) is 9.59 Å². The van der Waals surface area contributed by atoms with E-state index in [1.54, 1.807) is 24.3 Å². The highest BCUT2D eigenvalue weighted by molar-refractivity contribution is 6.23. The first kappa shape index (κ1) is 13.8. The molecular weight excluding hydrogens is 232 g/mol. The molecule has 0 aromatic heterocycles. The van der Waals surface area contributed by atoms with Gasteiger partial charge in [-0.25, -0.2) is 0 Å². The number of methoxy groups -OCH3 is 1. The number of benzene rings is 1. The van der Waals surface area contributed by atoms with Gasteiger partial charge < -0.3 is 4.74 Å². The van der Waals surface area contributed by atoms with Gasteiger partial charge in [0.25, 0.3) is 0 Å². The highest BCUT2D eigenvalue weighted by Crippen LogP contribution is 2.13. The highest BCUT2D eigenvalue weighted by atomic mass is 16.5. The van der Waals surface area contributed by atoms with E-state index in [4.69, 9.17) is 4.74 Å². The number of ether oxygens (including phenoxy) is 1. The SMILES string of the molecule is COc1ccc(C(=O)C=C(C(C)=O)C(C)=O)cc1. The maximum atomic E-state index is 11.8. The third kappa shape index (κ3) is 3.38. The van der Waals surface area contributed by atoms with Gasteiger partial charge in [0.1, 0.15) is 5.75 Å². The minimum absolute atomic E-state index is 0.0872. The lowest BCUT2D eigenvalue weighted by atomic mass is 10.0. The Bertz CT molecular complexity index is 493. The van der Waals surface area contributed by atoms with Crippen molar-refractivity contribution in [1.29, 1.82) is 0 Å². The Morgan fingerprint density at radius 2 is 1.50 bits per heavy atom. The number of carbonyl (C=O) groups is 3. The lowest BCUT2D eigenvalue weighted by Crippen LogP contribution is -2.09. The lowest BCUT2D eigenvalue weighted by Gasteiger charge is -2.01. The van der Waals surface area contributed by atoms with Crippen LogP contribution in [-0.4, -0.2) is 24.5 Å². The van der Waals surface area contributed by atoms with Gasteiger partial charge in [0, 0.05) is 11.6 Å². The second-order valence-corrected chi connectivity index (χ2v) is 3.76. The van der Waals surface area contributed by atoms with Crippen LogP contribution in [0, 0.1) is 0 Å². The largest absolute Gasteiger partial charge is 0.497 e. The van der Waals surface area contributed by atoms with Crippen LogP contribution in [0.4, 0.5) is 0 Å². The van der Waals surface area contributed by atoms with E-state index in [0.717, 1.165) is 6.08 Å². The van der Waals surface area contributed by atoms with Crippen LogP contribution >= 0.6 is 0 Å². The third-order valence-electron chi connectivity index (χ3n) is 2.41. The van der Waals surface area contributed by atoms with Crippen LogP contribution in [0.1, 0.15) is 24.2 Å². The standard InChI is InChI=1S/C14H14O4/c1-9(15)13(10(2)16)8-14(17)11-4-6-12(18-3)7-5-11/h4-8H,1-3H3. The molecule has 4 nitrogen and oxygen atoms in total. The summed E-state index contributed by atoms with van der Waals surface area (Å²) in [6, 6.07) is 6.44. The lowest BCUT2D eigenvalue weighted by molar-refractivity contribution is -0.119. The predicted octanol–water partition coefficient (Wildman–Crippen LogP) is 1.98. The van der Waals surface area contributed by atoms with Gasteiger partial charge in [-0.3, -0.25) is 14.4 Å². The molecule has 0 radical (unpaired) electrons. The van der Waals surface area contributed by atoms with Gasteiger partial charge in [-0.05, 0) is 38.1 Å². The first-order chi connectivity index (χ1) is 8.45. The van der Waals surface area contributed by atoms with Crippen LogP contribution < -0.4 is 4.74 Å². The molecule has 1 aromatic carbocycles. The van der Waals surface area contributed by atoms with E-state index in [1.165, 1.54) is 21.0 Å². The van der Waals surface area contributed by atoms with Gasteiger partial charge in [0.2, 0.25) is 0 Å². The van der Waals surface area contributed by atoms with Gasteiger partial charge in [-0.1, -0.05) is 0 Å². The molecule has 0 heterocycles. The van der Waals surface area contributed by atoms with Crippen molar-refractivity contribution in [3.05, 3.63) is 41.5 Å². The van der Waals surface area contributed by atoms with Crippen molar-refractivity contribution in [1.82, 2.24) is 0 Å². The summed E-state index contributed by atoms with van der Waals surface area (Å²) in [6.45, 7) is 2.52. The molecule has 1 aromatic rings. The van der Waals surface area contributed by atoms with Crippen LogP contribution in [0.25, 0.3) is 0 Å². The summed E-state index contributed by atoms with van der Waals surface area (Å²) >= 11 is 0. The molecule has 0 unspecified atom stereocenters. The topological polar surface area (TPSA) is 60.4 Å². The molecular formula is C14H14O4. The highest BCUT2D eigenvalue weighted by Gasteiger charge is 2.12. The number of allylic oxidation sites excluding steroid dienone is 2. The molecule has 4 heteroatoms. The van der Waals surface area contributed by atoms with Crippen molar-refractivity contribution < 1.29 is 19.1 Å². The van der Waals surface area contributed by atoms with Gasteiger partial charge in [-0.2, -0.15) is 0 Å². The predicted molar refractivity (Wildman–Crippen MR) is 66.8 cm³/mol. The minimum atomic E-state index is -0.413. The monoisotopic (exact) mass is 246 g/mol. The van der Waals surface area contributed by atoms with Crippen molar-refractivity contribution >= 4 is 17.3 Å². The van der Waals surface area contributed by atoms with E-state index >= 15 is 0 Å². The van der Waals surface area contributed by atoms with E-state index < -0.39 is 11.6 Å². The zero-order chi connectivity index (χ0) is 13.7. The van der Waals surface area contributed by atoms with Crippen molar-refractivity contribution in [2.75, 3.05) is 7.11 Å². The van der Waals surface area contributed by atoms with Gasteiger partial charge in [0.05, 0.1) is 12.7 Å². The van der Waals surface area contributed by atoms with E-state index in [1.807, 2.05) is 0 Å². The summed E-state index contributed by atoms with van der Waals surface area (Å²) < 4.78 is 4.97. The molecule has 0 fully saturated rings. The Morgan fingerprint density at radius 3 is 1.89 bits per heavy atom. The Kier molecular flexibility index (Phi) is 4.54.